The first-order chi connectivity index (χ1) is 9.40. The fourth-order valence-electron chi connectivity index (χ4n) is 2.51. The lowest BCUT2D eigenvalue weighted by Gasteiger charge is -2.25. The molecule has 0 aromatic carbocycles. The first-order valence-corrected chi connectivity index (χ1v) is 7.83. The van der Waals surface area contributed by atoms with Crippen LogP contribution in [0.1, 0.15) is 59.3 Å². The molecule has 0 heterocycles. The van der Waals surface area contributed by atoms with Crippen molar-refractivity contribution in [1.29, 1.82) is 0 Å². The Kier molecular flexibility index (Phi) is 7.30. The molecule has 0 bridgehead atoms. The number of rotatable bonds is 5. The molecule has 0 aliphatic heterocycles. The average Bonchev–Trinajstić information content (AvgIpc) is 2.60. The molecule has 1 atom stereocenters. The second-order valence-electron chi connectivity index (χ2n) is 6.67. The van der Waals surface area contributed by atoms with Crippen LogP contribution in [0.2, 0.25) is 0 Å². The van der Waals surface area contributed by atoms with Gasteiger partial charge in [-0.1, -0.05) is 25.7 Å². The fourth-order valence-corrected chi connectivity index (χ4v) is 2.51. The lowest BCUT2D eigenvalue weighted by Crippen LogP contribution is -2.49. The third kappa shape index (κ3) is 7.70. The van der Waals surface area contributed by atoms with Gasteiger partial charge in [-0.15, -0.1) is 0 Å². The highest BCUT2D eigenvalue weighted by atomic mass is 16.6. The maximum atomic E-state index is 11.6. The van der Waals surface area contributed by atoms with Gasteiger partial charge in [-0.05, 0) is 33.6 Å². The van der Waals surface area contributed by atoms with Crippen molar-refractivity contribution < 1.29 is 9.53 Å². The van der Waals surface area contributed by atoms with Crippen molar-refractivity contribution in [1.82, 2.24) is 10.6 Å². The summed E-state index contributed by atoms with van der Waals surface area (Å²) in [6, 6.07) is 0.650. The number of ether oxygens (including phenoxy) is 1. The maximum Gasteiger partial charge on any atom is 0.407 e. The summed E-state index contributed by atoms with van der Waals surface area (Å²) in [7, 11) is 0. The summed E-state index contributed by atoms with van der Waals surface area (Å²) in [5.41, 5.74) is 5.33. The van der Waals surface area contributed by atoms with E-state index < -0.39 is 5.60 Å². The van der Waals surface area contributed by atoms with E-state index in [0.717, 1.165) is 0 Å². The molecule has 1 fully saturated rings. The van der Waals surface area contributed by atoms with Gasteiger partial charge < -0.3 is 21.1 Å². The summed E-state index contributed by atoms with van der Waals surface area (Å²) in [5, 5.41) is 6.36. The lowest BCUT2D eigenvalue weighted by atomic mass is 10.1. The molecule has 1 rings (SSSR count). The van der Waals surface area contributed by atoms with Gasteiger partial charge in [-0.3, -0.25) is 0 Å². The summed E-state index contributed by atoms with van der Waals surface area (Å²) in [6.07, 6.45) is 7.29. The zero-order valence-corrected chi connectivity index (χ0v) is 13.2. The highest BCUT2D eigenvalue weighted by molar-refractivity contribution is 5.67. The topological polar surface area (TPSA) is 76.4 Å². The maximum absolute atomic E-state index is 11.6. The van der Waals surface area contributed by atoms with Crippen molar-refractivity contribution >= 4 is 6.09 Å². The zero-order chi connectivity index (χ0) is 15.0. The van der Waals surface area contributed by atoms with Crippen LogP contribution >= 0.6 is 0 Å². The molecule has 0 aromatic heterocycles. The molecule has 118 valence electrons. The molecule has 0 saturated heterocycles. The Balaban J connectivity index is 2.29. The minimum absolute atomic E-state index is 0.116. The van der Waals surface area contributed by atoms with Crippen molar-refractivity contribution in [2.45, 2.75) is 77.0 Å². The predicted molar refractivity (Wildman–Crippen MR) is 81.7 cm³/mol. The van der Waals surface area contributed by atoms with Gasteiger partial charge in [0.05, 0.1) is 0 Å². The average molecular weight is 285 g/mol. The Labute approximate surface area is 123 Å². The van der Waals surface area contributed by atoms with Crippen LogP contribution in [0.3, 0.4) is 0 Å². The molecule has 5 nitrogen and oxygen atoms in total. The van der Waals surface area contributed by atoms with E-state index in [-0.39, 0.29) is 12.1 Å². The van der Waals surface area contributed by atoms with E-state index in [9.17, 15) is 4.79 Å². The van der Waals surface area contributed by atoms with Crippen LogP contribution in [0.5, 0.6) is 0 Å². The normalized spacial score (nSPS) is 19.2. The van der Waals surface area contributed by atoms with E-state index in [1.54, 1.807) is 0 Å². The number of hydrogen-bond donors (Lipinski definition) is 3. The van der Waals surface area contributed by atoms with Gasteiger partial charge in [0.1, 0.15) is 5.60 Å². The molecule has 20 heavy (non-hydrogen) atoms. The van der Waals surface area contributed by atoms with E-state index in [2.05, 4.69) is 10.6 Å². The van der Waals surface area contributed by atoms with E-state index >= 15 is 0 Å². The summed E-state index contributed by atoms with van der Waals surface area (Å²) >= 11 is 0. The molecule has 0 radical (unpaired) electrons. The summed E-state index contributed by atoms with van der Waals surface area (Å²) in [4.78, 5) is 11.6. The van der Waals surface area contributed by atoms with E-state index in [1.807, 2.05) is 20.8 Å². The van der Waals surface area contributed by atoms with Gasteiger partial charge >= 0.3 is 6.09 Å². The molecule has 0 spiro atoms. The van der Waals surface area contributed by atoms with Crippen molar-refractivity contribution in [3.8, 4) is 0 Å². The summed E-state index contributed by atoms with van der Waals surface area (Å²) in [5.74, 6) is 0. The Bertz CT molecular complexity index is 281. The second kappa shape index (κ2) is 8.47. The molecule has 1 aliphatic carbocycles. The number of nitrogens with two attached hydrogens (primary N) is 1. The number of amides is 1. The Morgan fingerprint density at radius 3 is 2.35 bits per heavy atom. The highest BCUT2D eigenvalue weighted by Gasteiger charge is 2.19. The molecule has 4 N–H and O–H groups in total. The lowest BCUT2D eigenvalue weighted by molar-refractivity contribution is 0.0522. The molecule has 0 aromatic rings. The predicted octanol–water partition coefficient (Wildman–Crippen LogP) is 2.15. The highest BCUT2D eigenvalue weighted by Crippen LogP contribution is 2.17. The zero-order valence-electron chi connectivity index (χ0n) is 13.2. The quantitative estimate of drug-likeness (QED) is 0.677. The first kappa shape index (κ1) is 17.2. The smallest absolute Gasteiger partial charge is 0.407 e. The van der Waals surface area contributed by atoms with Crippen LogP contribution in [0.4, 0.5) is 4.79 Å². The number of carbonyl (C=O) groups is 1. The minimum atomic E-state index is -0.461. The van der Waals surface area contributed by atoms with Gasteiger partial charge in [0.15, 0.2) is 0 Å². The molecule has 1 aliphatic rings. The van der Waals surface area contributed by atoms with Gasteiger partial charge in [0.2, 0.25) is 0 Å². The largest absolute Gasteiger partial charge is 0.444 e. The Morgan fingerprint density at radius 1 is 1.25 bits per heavy atom. The number of alkyl carbamates (subject to hydrolysis) is 1. The molecule has 1 amide bonds. The van der Waals surface area contributed by atoms with Gasteiger partial charge in [-0.2, -0.15) is 0 Å². The summed E-state index contributed by atoms with van der Waals surface area (Å²) in [6.45, 7) is 6.61. The molecular formula is C15H31N3O2. The van der Waals surface area contributed by atoms with E-state index in [0.29, 0.717) is 19.1 Å². The van der Waals surface area contributed by atoms with Crippen molar-refractivity contribution in [2.75, 3.05) is 13.1 Å². The molecule has 1 unspecified atom stereocenters. The fraction of sp³-hybridized carbons (Fsp3) is 0.933. The number of hydrogen-bond acceptors (Lipinski definition) is 4. The van der Waals surface area contributed by atoms with Crippen molar-refractivity contribution in [3.05, 3.63) is 0 Å². The third-order valence-electron chi connectivity index (χ3n) is 3.50. The van der Waals surface area contributed by atoms with E-state index in [4.69, 9.17) is 10.5 Å². The van der Waals surface area contributed by atoms with Crippen LogP contribution in [0.15, 0.2) is 0 Å². The van der Waals surface area contributed by atoms with E-state index in [1.165, 1.54) is 38.5 Å². The second-order valence-corrected chi connectivity index (χ2v) is 6.67. The monoisotopic (exact) mass is 285 g/mol. The van der Waals surface area contributed by atoms with Crippen LogP contribution in [-0.2, 0) is 4.74 Å². The standard InChI is InChI=1S/C15H31N3O2/c1-15(2,3)20-14(19)17-11-13(10-16)18-12-8-6-4-5-7-9-12/h12-13,18H,4-11,16H2,1-3H3,(H,17,19). The number of nitrogens with one attached hydrogen (secondary N) is 2. The third-order valence-corrected chi connectivity index (χ3v) is 3.50. The SMILES string of the molecule is CC(C)(C)OC(=O)NCC(CN)NC1CCCCCC1. The van der Waals surface area contributed by atoms with Gasteiger partial charge in [0, 0.05) is 25.2 Å². The summed E-state index contributed by atoms with van der Waals surface area (Å²) < 4.78 is 5.22. The van der Waals surface area contributed by atoms with Crippen LogP contribution < -0.4 is 16.4 Å². The molecule has 5 heteroatoms. The van der Waals surface area contributed by atoms with Crippen LogP contribution in [-0.4, -0.2) is 36.9 Å². The Hall–Kier alpha value is -0.810. The Morgan fingerprint density at radius 2 is 1.85 bits per heavy atom. The molecular weight excluding hydrogens is 254 g/mol. The van der Waals surface area contributed by atoms with Gasteiger partial charge in [0.25, 0.3) is 0 Å². The van der Waals surface area contributed by atoms with Crippen molar-refractivity contribution in [3.63, 3.8) is 0 Å². The molecule has 1 saturated carbocycles. The van der Waals surface area contributed by atoms with Crippen molar-refractivity contribution in [2.24, 2.45) is 5.73 Å². The minimum Gasteiger partial charge on any atom is -0.444 e. The van der Waals surface area contributed by atoms with Gasteiger partial charge in [-0.25, -0.2) is 4.79 Å². The first-order valence-electron chi connectivity index (χ1n) is 7.83. The van der Waals surface area contributed by atoms with Crippen LogP contribution in [0.25, 0.3) is 0 Å². The van der Waals surface area contributed by atoms with Crippen LogP contribution in [0, 0.1) is 0 Å². The number of carbonyl (C=O) groups excluding carboxylic acids is 1.